The minimum Gasteiger partial charge on any atom is -0.248 e. The zero-order valence-corrected chi connectivity index (χ0v) is 21.5. The number of aromatic nitrogens is 1. The van der Waals surface area contributed by atoms with Gasteiger partial charge >= 0.3 is 0 Å². The van der Waals surface area contributed by atoms with Crippen LogP contribution >= 0.6 is 0 Å². The summed E-state index contributed by atoms with van der Waals surface area (Å²) in [7, 11) is 0. The second-order valence-electron chi connectivity index (χ2n) is 10.9. The third-order valence-electron chi connectivity index (χ3n) is 7.56. The van der Waals surface area contributed by atoms with Crippen LogP contribution in [0.3, 0.4) is 0 Å². The predicted molar refractivity (Wildman–Crippen MR) is 149 cm³/mol. The number of benzene rings is 4. The van der Waals surface area contributed by atoms with Gasteiger partial charge in [-0.3, -0.25) is 0 Å². The van der Waals surface area contributed by atoms with Gasteiger partial charge in [-0.1, -0.05) is 84.6 Å². The molecule has 1 heterocycles. The van der Waals surface area contributed by atoms with Crippen molar-refractivity contribution in [2.45, 2.75) is 47.0 Å². The van der Waals surface area contributed by atoms with Crippen LogP contribution < -0.4 is 0 Å². The van der Waals surface area contributed by atoms with Crippen LogP contribution in [0.4, 0.5) is 0 Å². The highest BCUT2D eigenvalue weighted by molar-refractivity contribution is 6.01. The lowest BCUT2D eigenvalue weighted by molar-refractivity contribution is 0.661. The van der Waals surface area contributed by atoms with Crippen LogP contribution in [0.25, 0.3) is 44.4 Å². The van der Waals surface area contributed by atoms with Gasteiger partial charge in [0.05, 0.1) is 11.2 Å². The molecule has 35 heavy (non-hydrogen) atoms. The molecule has 0 spiro atoms. The number of hydrogen-bond acceptors (Lipinski definition) is 1. The largest absolute Gasteiger partial charge is 0.248 e. The third-order valence-corrected chi connectivity index (χ3v) is 7.56. The van der Waals surface area contributed by atoms with Gasteiger partial charge in [0.1, 0.15) is 0 Å². The Labute approximate surface area is 208 Å². The van der Waals surface area contributed by atoms with Gasteiger partial charge in [0, 0.05) is 16.4 Å². The molecule has 0 bridgehead atoms. The van der Waals surface area contributed by atoms with Crippen LogP contribution in [0.5, 0.6) is 0 Å². The van der Waals surface area contributed by atoms with Gasteiger partial charge in [0.25, 0.3) is 0 Å². The number of pyridine rings is 1. The fraction of sp³-hybridized carbons (Fsp3) is 0.206. The molecule has 0 atom stereocenters. The Hall–Kier alpha value is -3.71. The first-order chi connectivity index (χ1) is 16.7. The zero-order chi connectivity index (χ0) is 24.5. The molecule has 1 heteroatoms. The molecule has 1 aliphatic rings. The molecule has 1 aromatic heterocycles. The highest BCUT2D eigenvalue weighted by Gasteiger charge is 2.35. The lowest BCUT2D eigenvalue weighted by Gasteiger charge is -2.22. The first-order valence-electron chi connectivity index (χ1n) is 12.5. The number of hydrogen-bond donors (Lipinski definition) is 0. The smallest absolute Gasteiger partial charge is 0.0719 e. The van der Waals surface area contributed by atoms with Crippen LogP contribution in [0, 0.1) is 27.7 Å². The van der Waals surface area contributed by atoms with E-state index in [1.165, 1.54) is 66.6 Å². The van der Waals surface area contributed by atoms with Crippen LogP contribution in [-0.4, -0.2) is 4.98 Å². The molecule has 0 aliphatic heterocycles. The average Bonchev–Trinajstić information content (AvgIpc) is 3.02. The minimum atomic E-state index is -0.0438. The van der Waals surface area contributed by atoms with Gasteiger partial charge in [-0.15, -0.1) is 0 Å². The van der Waals surface area contributed by atoms with Crippen LogP contribution in [0.1, 0.15) is 47.2 Å². The zero-order valence-electron chi connectivity index (χ0n) is 21.5. The Bertz CT molecular complexity index is 1610. The van der Waals surface area contributed by atoms with Crippen LogP contribution in [-0.2, 0) is 5.41 Å². The summed E-state index contributed by atoms with van der Waals surface area (Å²) in [5.74, 6) is 0. The predicted octanol–water partition coefficient (Wildman–Crippen LogP) is 9.11. The molecule has 1 nitrogen and oxygen atoms in total. The lowest BCUT2D eigenvalue weighted by Crippen LogP contribution is -2.14. The SMILES string of the molecule is Cc1cc(C)cc(-c2cc(-c3cc(C)cc(C)c3)c3cc4c(cc3n2)C(C)(C)c2ccccc2-4)c1. The first kappa shape index (κ1) is 21.8. The van der Waals surface area contributed by atoms with E-state index in [0.717, 1.165) is 11.2 Å². The first-order valence-corrected chi connectivity index (χ1v) is 12.5. The van der Waals surface area contributed by atoms with E-state index in [1.807, 2.05) is 0 Å². The van der Waals surface area contributed by atoms with Crippen LogP contribution in [0.2, 0.25) is 0 Å². The molecule has 6 rings (SSSR count). The van der Waals surface area contributed by atoms with Crippen molar-refractivity contribution < 1.29 is 0 Å². The van der Waals surface area contributed by atoms with E-state index in [1.54, 1.807) is 0 Å². The summed E-state index contributed by atoms with van der Waals surface area (Å²) < 4.78 is 0. The van der Waals surface area contributed by atoms with Gasteiger partial charge in [-0.25, -0.2) is 4.98 Å². The maximum atomic E-state index is 5.26. The standard InChI is InChI=1S/C34H31N/c1-20-11-21(2)14-24(13-20)27-18-32(25-15-22(3)12-23(4)16-25)35-33-19-31-28(17-29(27)33)26-9-7-8-10-30(26)34(31,5)6/h7-19H,1-6H3. The lowest BCUT2D eigenvalue weighted by atomic mass is 9.82. The van der Waals surface area contributed by atoms with Gasteiger partial charge in [-0.2, -0.15) is 0 Å². The van der Waals surface area contributed by atoms with Gasteiger partial charge < -0.3 is 0 Å². The Balaban J connectivity index is 1.71. The Kier molecular flexibility index (Phi) is 4.76. The maximum absolute atomic E-state index is 5.26. The van der Waals surface area contributed by atoms with Crippen molar-refractivity contribution in [3.8, 4) is 33.5 Å². The summed E-state index contributed by atoms with van der Waals surface area (Å²) in [4.78, 5) is 5.26. The summed E-state index contributed by atoms with van der Waals surface area (Å²) in [6.07, 6.45) is 0. The van der Waals surface area contributed by atoms with Crippen molar-refractivity contribution in [3.05, 3.63) is 112 Å². The van der Waals surface area contributed by atoms with Crippen molar-refractivity contribution in [3.63, 3.8) is 0 Å². The molecule has 4 aromatic carbocycles. The van der Waals surface area contributed by atoms with E-state index in [9.17, 15) is 0 Å². The molecule has 0 amide bonds. The summed E-state index contributed by atoms with van der Waals surface area (Å²) in [6.45, 7) is 13.4. The molecule has 0 saturated carbocycles. The van der Waals surface area contributed by atoms with E-state index in [-0.39, 0.29) is 5.41 Å². The Morgan fingerprint density at radius 1 is 0.543 bits per heavy atom. The average molecular weight is 454 g/mol. The number of fused-ring (bicyclic) bond motifs is 4. The Morgan fingerprint density at radius 3 is 1.80 bits per heavy atom. The van der Waals surface area contributed by atoms with Crippen molar-refractivity contribution in [1.29, 1.82) is 0 Å². The molecule has 0 radical (unpaired) electrons. The summed E-state index contributed by atoms with van der Waals surface area (Å²) in [5.41, 5.74) is 16.3. The molecule has 0 N–H and O–H groups in total. The van der Waals surface area contributed by atoms with E-state index < -0.39 is 0 Å². The highest BCUT2D eigenvalue weighted by Crippen LogP contribution is 2.50. The van der Waals surface area contributed by atoms with Crippen LogP contribution in [0.15, 0.2) is 78.9 Å². The second kappa shape index (κ2) is 7.65. The van der Waals surface area contributed by atoms with E-state index in [4.69, 9.17) is 4.98 Å². The molecular formula is C34H31N. The van der Waals surface area contributed by atoms with Crippen molar-refractivity contribution >= 4 is 10.9 Å². The van der Waals surface area contributed by atoms with Gasteiger partial charge in [0.15, 0.2) is 0 Å². The second-order valence-corrected chi connectivity index (χ2v) is 10.9. The molecule has 0 saturated heterocycles. The number of aryl methyl sites for hydroxylation is 4. The summed E-state index contributed by atoms with van der Waals surface area (Å²) in [6, 6.07) is 29.5. The van der Waals surface area contributed by atoms with E-state index >= 15 is 0 Å². The van der Waals surface area contributed by atoms with Crippen molar-refractivity contribution in [1.82, 2.24) is 4.98 Å². The number of nitrogens with zero attached hydrogens (tertiary/aromatic N) is 1. The third kappa shape index (κ3) is 3.49. The van der Waals surface area contributed by atoms with Gasteiger partial charge in [0.2, 0.25) is 0 Å². The normalized spacial score (nSPS) is 13.7. The molecule has 0 fully saturated rings. The topological polar surface area (TPSA) is 12.9 Å². The van der Waals surface area contributed by atoms with E-state index in [0.29, 0.717) is 0 Å². The molecule has 1 aliphatic carbocycles. The van der Waals surface area contributed by atoms with Gasteiger partial charge in [-0.05, 0) is 91.4 Å². The minimum absolute atomic E-state index is 0.0438. The fourth-order valence-corrected chi connectivity index (χ4v) is 6.06. The maximum Gasteiger partial charge on any atom is 0.0719 e. The Morgan fingerprint density at radius 2 is 1.14 bits per heavy atom. The number of rotatable bonds is 2. The van der Waals surface area contributed by atoms with Crippen molar-refractivity contribution in [2.24, 2.45) is 0 Å². The molecule has 5 aromatic rings. The quantitative estimate of drug-likeness (QED) is 0.260. The van der Waals surface area contributed by atoms with E-state index in [2.05, 4.69) is 120 Å². The molecule has 172 valence electrons. The monoisotopic (exact) mass is 453 g/mol. The summed E-state index contributed by atoms with van der Waals surface area (Å²) in [5, 5.41) is 1.22. The molecule has 0 unspecified atom stereocenters. The summed E-state index contributed by atoms with van der Waals surface area (Å²) >= 11 is 0. The molecular weight excluding hydrogens is 422 g/mol. The highest BCUT2D eigenvalue weighted by atomic mass is 14.7. The van der Waals surface area contributed by atoms with Crippen molar-refractivity contribution in [2.75, 3.05) is 0 Å². The fourth-order valence-electron chi connectivity index (χ4n) is 6.06.